The summed E-state index contributed by atoms with van der Waals surface area (Å²) in [7, 11) is 0. The Morgan fingerprint density at radius 2 is 2.20 bits per heavy atom. The number of hydrogen-bond acceptors (Lipinski definition) is 3. The Labute approximate surface area is 133 Å². The van der Waals surface area contributed by atoms with Gasteiger partial charge in [-0.1, -0.05) is 0 Å². The molecule has 0 spiro atoms. The fourth-order valence-electron chi connectivity index (χ4n) is 1.40. The summed E-state index contributed by atoms with van der Waals surface area (Å²) in [6.07, 6.45) is 2.20. The van der Waals surface area contributed by atoms with Gasteiger partial charge in [0.05, 0.1) is 5.69 Å². The number of halogens is 2. The molecule has 0 saturated heterocycles. The lowest BCUT2D eigenvalue weighted by Crippen LogP contribution is -2.43. The normalized spacial score (nSPS) is 11.8. The quantitative estimate of drug-likeness (QED) is 0.628. The number of thioether (sulfide) groups is 1. The van der Waals surface area contributed by atoms with Crippen LogP contribution in [0.15, 0.2) is 18.2 Å². The molecule has 110 valence electrons. The maximum absolute atomic E-state index is 12.9. The van der Waals surface area contributed by atoms with E-state index in [0.29, 0.717) is 21.4 Å². The van der Waals surface area contributed by atoms with Gasteiger partial charge < -0.3 is 15.7 Å². The average Bonchev–Trinajstić information content (AvgIpc) is 2.37. The van der Waals surface area contributed by atoms with Gasteiger partial charge in [-0.25, -0.2) is 14.0 Å². The van der Waals surface area contributed by atoms with E-state index < -0.39 is 23.9 Å². The topological polar surface area (TPSA) is 78.4 Å². The van der Waals surface area contributed by atoms with Crippen molar-refractivity contribution in [2.75, 3.05) is 17.3 Å². The maximum atomic E-state index is 12.9. The molecule has 0 fully saturated rings. The molecule has 1 rings (SSSR count). The molecule has 2 amide bonds. The van der Waals surface area contributed by atoms with E-state index in [2.05, 4.69) is 10.6 Å². The van der Waals surface area contributed by atoms with E-state index in [1.54, 1.807) is 0 Å². The van der Waals surface area contributed by atoms with Gasteiger partial charge in [0.25, 0.3) is 0 Å². The van der Waals surface area contributed by atoms with Crippen molar-refractivity contribution in [2.24, 2.45) is 0 Å². The van der Waals surface area contributed by atoms with Crippen LogP contribution >= 0.6 is 34.4 Å². The van der Waals surface area contributed by atoms with E-state index in [0.717, 1.165) is 0 Å². The van der Waals surface area contributed by atoms with Crippen LogP contribution in [0.5, 0.6) is 0 Å². The van der Waals surface area contributed by atoms with Crippen molar-refractivity contribution < 1.29 is 19.1 Å². The van der Waals surface area contributed by atoms with Crippen molar-refractivity contribution in [1.82, 2.24) is 5.32 Å². The van der Waals surface area contributed by atoms with Gasteiger partial charge >= 0.3 is 12.0 Å². The van der Waals surface area contributed by atoms with Gasteiger partial charge in [-0.15, -0.1) is 0 Å². The second-order valence-corrected chi connectivity index (χ2v) is 6.04. The summed E-state index contributed by atoms with van der Waals surface area (Å²) in [6.45, 7) is 0. The highest BCUT2D eigenvalue weighted by Crippen LogP contribution is 2.18. The number of rotatable bonds is 6. The highest BCUT2D eigenvalue weighted by Gasteiger charge is 2.19. The van der Waals surface area contributed by atoms with E-state index in [1.165, 1.54) is 30.0 Å². The second kappa shape index (κ2) is 8.30. The van der Waals surface area contributed by atoms with Crippen LogP contribution in [0.1, 0.15) is 6.42 Å². The highest BCUT2D eigenvalue weighted by atomic mass is 127. The monoisotopic (exact) mass is 412 g/mol. The zero-order chi connectivity index (χ0) is 15.1. The molecular formula is C12H14FIN2O3S. The summed E-state index contributed by atoms with van der Waals surface area (Å²) in [6, 6.07) is 2.36. The Bertz CT molecular complexity index is 502. The Morgan fingerprint density at radius 3 is 2.75 bits per heavy atom. The number of carboxylic acids is 1. The number of hydrogen-bond donors (Lipinski definition) is 3. The summed E-state index contributed by atoms with van der Waals surface area (Å²) >= 11 is 3.39. The molecule has 1 aromatic rings. The Hall–Kier alpha value is -1.03. The maximum Gasteiger partial charge on any atom is 0.326 e. The fraction of sp³-hybridized carbons (Fsp3) is 0.333. The molecule has 0 aliphatic carbocycles. The molecule has 0 unspecified atom stereocenters. The first-order valence-corrected chi connectivity index (χ1v) is 8.15. The number of amides is 2. The molecule has 8 heteroatoms. The Kier molecular flexibility index (Phi) is 7.06. The SMILES string of the molecule is CSCC[C@H](NC(=O)Nc1ccc(F)cc1I)C(=O)O. The molecule has 5 nitrogen and oxygen atoms in total. The van der Waals surface area contributed by atoms with E-state index in [9.17, 15) is 14.0 Å². The number of carbonyl (C=O) groups excluding carboxylic acids is 1. The summed E-state index contributed by atoms with van der Waals surface area (Å²) < 4.78 is 13.5. The third-order valence-corrected chi connectivity index (χ3v) is 3.93. The molecule has 3 N–H and O–H groups in total. The molecule has 0 radical (unpaired) electrons. The van der Waals surface area contributed by atoms with Crippen LogP contribution in [0.3, 0.4) is 0 Å². The van der Waals surface area contributed by atoms with Crippen LogP contribution in [0.2, 0.25) is 0 Å². The largest absolute Gasteiger partial charge is 0.480 e. The van der Waals surface area contributed by atoms with Crippen molar-refractivity contribution in [3.8, 4) is 0 Å². The molecule has 0 bridgehead atoms. The molecule has 20 heavy (non-hydrogen) atoms. The van der Waals surface area contributed by atoms with Gasteiger partial charge in [0, 0.05) is 3.57 Å². The number of carboxylic acid groups (broad SMARTS) is 1. The van der Waals surface area contributed by atoms with E-state index in [1.807, 2.05) is 28.8 Å². The molecule has 1 aromatic carbocycles. The van der Waals surface area contributed by atoms with Crippen LogP contribution in [-0.4, -0.2) is 35.2 Å². The van der Waals surface area contributed by atoms with E-state index >= 15 is 0 Å². The number of nitrogens with one attached hydrogen (secondary N) is 2. The molecule has 0 saturated carbocycles. The third-order valence-electron chi connectivity index (χ3n) is 2.39. The van der Waals surface area contributed by atoms with Crippen molar-refractivity contribution in [3.05, 3.63) is 27.6 Å². The predicted molar refractivity (Wildman–Crippen MR) is 85.7 cm³/mol. The van der Waals surface area contributed by atoms with Gasteiger partial charge in [-0.2, -0.15) is 11.8 Å². The van der Waals surface area contributed by atoms with Gasteiger partial charge in [-0.3, -0.25) is 0 Å². The number of benzene rings is 1. The van der Waals surface area contributed by atoms with E-state index in [4.69, 9.17) is 5.11 Å². The molecule has 0 aliphatic rings. The molecule has 0 aromatic heterocycles. The van der Waals surface area contributed by atoms with Crippen molar-refractivity contribution >= 4 is 52.0 Å². The minimum Gasteiger partial charge on any atom is -0.480 e. The van der Waals surface area contributed by atoms with Crippen molar-refractivity contribution in [3.63, 3.8) is 0 Å². The van der Waals surface area contributed by atoms with Crippen LogP contribution in [0.4, 0.5) is 14.9 Å². The molecular weight excluding hydrogens is 398 g/mol. The lowest BCUT2D eigenvalue weighted by molar-refractivity contribution is -0.139. The first-order chi connectivity index (χ1) is 9.43. The first kappa shape index (κ1) is 17.0. The lowest BCUT2D eigenvalue weighted by Gasteiger charge is -2.15. The van der Waals surface area contributed by atoms with Gasteiger partial charge in [0.2, 0.25) is 0 Å². The second-order valence-electron chi connectivity index (χ2n) is 3.89. The van der Waals surface area contributed by atoms with Gasteiger partial charge in [0.15, 0.2) is 0 Å². The van der Waals surface area contributed by atoms with Crippen LogP contribution in [0.25, 0.3) is 0 Å². The van der Waals surface area contributed by atoms with Gasteiger partial charge in [-0.05, 0) is 59.2 Å². The van der Waals surface area contributed by atoms with Gasteiger partial charge in [0.1, 0.15) is 11.9 Å². The Morgan fingerprint density at radius 1 is 1.50 bits per heavy atom. The summed E-state index contributed by atoms with van der Waals surface area (Å²) in [5.74, 6) is -0.850. The van der Waals surface area contributed by atoms with Crippen LogP contribution in [-0.2, 0) is 4.79 Å². The lowest BCUT2D eigenvalue weighted by atomic mass is 10.2. The summed E-state index contributed by atoms with van der Waals surface area (Å²) in [4.78, 5) is 22.7. The smallest absolute Gasteiger partial charge is 0.326 e. The van der Waals surface area contributed by atoms with Crippen LogP contribution in [0, 0.1) is 9.39 Å². The number of anilines is 1. The van der Waals surface area contributed by atoms with Crippen LogP contribution < -0.4 is 10.6 Å². The standard InChI is InChI=1S/C12H14FIN2O3S/c1-20-5-4-10(11(17)18)16-12(19)15-9-3-2-7(13)6-8(9)14/h2-3,6,10H,4-5H2,1H3,(H,17,18)(H2,15,16,19)/t10-/m0/s1. The predicted octanol–water partition coefficient (Wildman–Crippen LogP) is 2.76. The fourth-order valence-corrected chi connectivity index (χ4v) is 2.48. The van der Waals surface area contributed by atoms with E-state index in [-0.39, 0.29) is 0 Å². The zero-order valence-corrected chi connectivity index (χ0v) is 13.6. The summed E-state index contributed by atoms with van der Waals surface area (Å²) in [5, 5.41) is 13.9. The Balaban J connectivity index is 2.63. The number of aliphatic carboxylic acids is 1. The average molecular weight is 412 g/mol. The molecule has 0 heterocycles. The summed E-state index contributed by atoms with van der Waals surface area (Å²) in [5.41, 5.74) is 0.429. The number of carbonyl (C=O) groups is 2. The minimum atomic E-state index is -1.08. The zero-order valence-electron chi connectivity index (χ0n) is 10.7. The van der Waals surface area contributed by atoms with Crippen molar-refractivity contribution in [2.45, 2.75) is 12.5 Å². The first-order valence-electron chi connectivity index (χ1n) is 5.68. The molecule has 1 atom stereocenters. The number of urea groups is 1. The third kappa shape index (κ3) is 5.53. The minimum absolute atomic E-state index is 0.338. The highest BCUT2D eigenvalue weighted by molar-refractivity contribution is 14.1. The molecule has 0 aliphatic heterocycles. The van der Waals surface area contributed by atoms with Crippen molar-refractivity contribution in [1.29, 1.82) is 0 Å².